The number of carbonyl (C=O) groups excluding carboxylic acids is 1. The Morgan fingerprint density at radius 1 is 1.09 bits per heavy atom. The molecule has 11 heteroatoms. The first-order valence-corrected chi connectivity index (χ1v) is 9.65. The molecule has 2 aromatic carbocycles. The summed E-state index contributed by atoms with van der Waals surface area (Å²) in [5.41, 5.74) is -8.01. The summed E-state index contributed by atoms with van der Waals surface area (Å²) in [5, 5.41) is 21.7. The molecule has 1 fully saturated rings. The minimum atomic E-state index is -4.91. The highest BCUT2D eigenvalue weighted by Gasteiger charge is 2.53. The number of nitriles is 1. The van der Waals surface area contributed by atoms with Gasteiger partial charge in [0.05, 0.1) is 22.8 Å². The van der Waals surface area contributed by atoms with Crippen LogP contribution in [0.25, 0.3) is 0 Å². The summed E-state index contributed by atoms with van der Waals surface area (Å²) in [4.78, 5) is 12.7. The summed E-state index contributed by atoms with van der Waals surface area (Å²) >= 11 is 0. The third-order valence-electron chi connectivity index (χ3n) is 5.63. The van der Waals surface area contributed by atoms with Crippen LogP contribution in [0, 0.1) is 29.5 Å². The zero-order chi connectivity index (χ0) is 25.5. The van der Waals surface area contributed by atoms with E-state index in [0.29, 0.717) is 24.3 Å². The fourth-order valence-corrected chi connectivity index (χ4v) is 3.68. The standard InChI is InChI=1S/C23H15F7N2O2/c1-2-21(34,19(33)32-15-5-3-13(11-31)16(10-15)23(28,29)30)12-20(7-8-20)17-9-14(22(25,26)27)4-6-18(17)24/h1,3-6,9-10,34H,7-8,12H2,(H,32,33). The largest absolute Gasteiger partial charge is 0.417 e. The van der Waals surface area contributed by atoms with Crippen LogP contribution in [0.3, 0.4) is 0 Å². The second kappa shape index (κ2) is 8.33. The van der Waals surface area contributed by atoms with Crippen molar-refractivity contribution in [3.05, 3.63) is 64.5 Å². The first-order chi connectivity index (χ1) is 15.6. The van der Waals surface area contributed by atoms with E-state index in [4.69, 9.17) is 11.7 Å². The number of aliphatic hydroxyl groups is 1. The minimum absolute atomic E-state index is 0.123. The van der Waals surface area contributed by atoms with Crippen LogP contribution in [0.2, 0.25) is 0 Å². The van der Waals surface area contributed by atoms with Crippen LogP contribution in [0.4, 0.5) is 36.4 Å². The molecule has 1 saturated carbocycles. The summed E-state index contributed by atoms with van der Waals surface area (Å²) in [5.74, 6) is -0.486. The topological polar surface area (TPSA) is 73.1 Å². The van der Waals surface area contributed by atoms with Gasteiger partial charge in [0.15, 0.2) is 0 Å². The molecule has 1 atom stereocenters. The molecular weight excluding hydrogens is 469 g/mol. The second-order valence-electron chi connectivity index (χ2n) is 7.98. The average molecular weight is 484 g/mol. The zero-order valence-electron chi connectivity index (χ0n) is 17.1. The van der Waals surface area contributed by atoms with E-state index in [1.807, 2.05) is 11.2 Å². The molecule has 0 heterocycles. The molecule has 0 aliphatic heterocycles. The Morgan fingerprint density at radius 3 is 2.24 bits per heavy atom. The highest BCUT2D eigenvalue weighted by atomic mass is 19.4. The van der Waals surface area contributed by atoms with E-state index in [1.54, 1.807) is 0 Å². The molecule has 3 rings (SSSR count). The third kappa shape index (κ3) is 4.85. The molecule has 0 radical (unpaired) electrons. The Kier molecular flexibility index (Phi) is 6.14. The molecular formula is C23H15F7N2O2. The fraction of sp³-hybridized carbons (Fsp3) is 0.304. The maximum absolute atomic E-state index is 14.4. The van der Waals surface area contributed by atoms with Gasteiger partial charge in [0, 0.05) is 17.5 Å². The molecule has 0 saturated heterocycles. The lowest BCUT2D eigenvalue weighted by molar-refractivity contribution is -0.138. The molecule has 1 unspecified atom stereocenters. The summed E-state index contributed by atoms with van der Waals surface area (Å²) in [6.07, 6.45) is -4.79. The molecule has 0 aromatic heterocycles. The smallest absolute Gasteiger partial charge is 0.369 e. The normalized spacial score (nSPS) is 16.6. The van der Waals surface area contributed by atoms with Gasteiger partial charge in [-0.1, -0.05) is 5.92 Å². The summed E-state index contributed by atoms with van der Waals surface area (Å²) in [6, 6.07) is 5.42. The number of alkyl halides is 6. The van der Waals surface area contributed by atoms with Crippen molar-refractivity contribution in [2.75, 3.05) is 5.32 Å². The Morgan fingerprint density at radius 2 is 1.74 bits per heavy atom. The minimum Gasteiger partial charge on any atom is -0.369 e. The Labute approximate surface area is 189 Å². The van der Waals surface area contributed by atoms with Crippen molar-refractivity contribution in [1.82, 2.24) is 0 Å². The highest BCUT2D eigenvalue weighted by molar-refractivity contribution is 5.99. The van der Waals surface area contributed by atoms with Crippen molar-refractivity contribution in [3.63, 3.8) is 0 Å². The Bertz CT molecular complexity index is 1220. The lowest BCUT2D eigenvalue weighted by Gasteiger charge is -2.27. The molecule has 2 N–H and O–H groups in total. The number of rotatable bonds is 5. The van der Waals surface area contributed by atoms with Crippen molar-refractivity contribution < 1.29 is 40.6 Å². The van der Waals surface area contributed by atoms with E-state index in [1.165, 1.54) is 6.07 Å². The SMILES string of the molecule is C#CC(O)(CC1(c2cc(C(F)(F)F)ccc2F)CC1)C(=O)Nc1ccc(C#N)c(C(F)(F)F)c1. The number of carbonyl (C=O) groups is 1. The molecule has 1 aliphatic rings. The molecule has 178 valence electrons. The van der Waals surface area contributed by atoms with Gasteiger partial charge in [0.25, 0.3) is 5.91 Å². The lowest BCUT2D eigenvalue weighted by atomic mass is 9.82. The first-order valence-electron chi connectivity index (χ1n) is 9.65. The number of nitrogens with one attached hydrogen (secondary N) is 1. The van der Waals surface area contributed by atoms with Crippen LogP contribution >= 0.6 is 0 Å². The van der Waals surface area contributed by atoms with Crippen LogP contribution in [0.1, 0.15) is 41.5 Å². The Hall–Kier alpha value is -3.57. The van der Waals surface area contributed by atoms with E-state index in [9.17, 15) is 40.6 Å². The molecule has 2 aromatic rings. The number of halogens is 7. The third-order valence-corrected chi connectivity index (χ3v) is 5.63. The number of nitrogens with zero attached hydrogens (tertiary/aromatic N) is 1. The van der Waals surface area contributed by atoms with Gasteiger partial charge in [-0.2, -0.15) is 31.6 Å². The predicted octanol–water partition coefficient (Wildman–Crippen LogP) is 5.16. The molecule has 1 amide bonds. The van der Waals surface area contributed by atoms with Gasteiger partial charge in [-0.25, -0.2) is 4.39 Å². The maximum Gasteiger partial charge on any atom is 0.417 e. The van der Waals surface area contributed by atoms with Gasteiger partial charge in [-0.3, -0.25) is 4.79 Å². The molecule has 34 heavy (non-hydrogen) atoms. The second-order valence-corrected chi connectivity index (χ2v) is 7.98. The van der Waals surface area contributed by atoms with E-state index in [-0.39, 0.29) is 18.4 Å². The number of hydrogen-bond acceptors (Lipinski definition) is 3. The molecule has 0 spiro atoms. The van der Waals surface area contributed by atoms with Crippen LogP contribution in [0.5, 0.6) is 0 Å². The van der Waals surface area contributed by atoms with Crippen LogP contribution in [-0.4, -0.2) is 16.6 Å². The molecule has 1 aliphatic carbocycles. The van der Waals surface area contributed by atoms with Crippen LogP contribution < -0.4 is 5.32 Å². The van der Waals surface area contributed by atoms with Gasteiger partial charge in [0.1, 0.15) is 5.82 Å². The lowest BCUT2D eigenvalue weighted by Crippen LogP contribution is -2.44. The molecule has 0 bridgehead atoms. The number of benzene rings is 2. The van der Waals surface area contributed by atoms with Gasteiger partial charge in [0.2, 0.25) is 5.60 Å². The van der Waals surface area contributed by atoms with Gasteiger partial charge in [-0.15, -0.1) is 6.42 Å². The zero-order valence-corrected chi connectivity index (χ0v) is 17.1. The number of anilines is 1. The number of hydrogen-bond donors (Lipinski definition) is 2. The maximum atomic E-state index is 14.4. The monoisotopic (exact) mass is 484 g/mol. The quantitative estimate of drug-likeness (QED) is 0.455. The summed E-state index contributed by atoms with van der Waals surface area (Å²) in [7, 11) is 0. The number of amides is 1. The van der Waals surface area contributed by atoms with Crippen molar-refractivity contribution in [2.24, 2.45) is 0 Å². The first kappa shape index (κ1) is 25.1. The average Bonchev–Trinajstić information content (AvgIpc) is 3.52. The Balaban J connectivity index is 1.90. The van der Waals surface area contributed by atoms with E-state index < -0.39 is 63.9 Å². The van der Waals surface area contributed by atoms with Gasteiger partial charge < -0.3 is 10.4 Å². The van der Waals surface area contributed by atoms with Crippen molar-refractivity contribution in [2.45, 2.75) is 42.6 Å². The van der Waals surface area contributed by atoms with Crippen LogP contribution in [-0.2, 0) is 22.6 Å². The summed E-state index contributed by atoms with van der Waals surface area (Å²) in [6.45, 7) is 0. The van der Waals surface area contributed by atoms with Crippen LogP contribution in [0.15, 0.2) is 36.4 Å². The van der Waals surface area contributed by atoms with Crippen molar-refractivity contribution >= 4 is 11.6 Å². The van der Waals surface area contributed by atoms with Crippen molar-refractivity contribution in [3.8, 4) is 18.4 Å². The van der Waals surface area contributed by atoms with E-state index in [2.05, 4.69) is 0 Å². The van der Waals surface area contributed by atoms with Gasteiger partial charge >= 0.3 is 12.4 Å². The van der Waals surface area contributed by atoms with E-state index >= 15 is 0 Å². The number of terminal acetylenes is 1. The van der Waals surface area contributed by atoms with E-state index in [0.717, 1.165) is 12.1 Å². The van der Waals surface area contributed by atoms with Crippen molar-refractivity contribution in [1.29, 1.82) is 5.26 Å². The van der Waals surface area contributed by atoms with Gasteiger partial charge in [-0.05, 0) is 54.8 Å². The predicted molar refractivity (Wildman–Crippen MR) is 106 cm³/mol. The summed E-state index contributed by atoms with van der Waals surface area (Å²) < 4.78 is 93.2. The highest BCUT2D eigenvalue weighted by Crippen LogP contribution is 2.55. The molecule has 4 nitrogen and oxygen atoms in total. The fourth-order valence-electron chi connectivity index (χ4n) is 3.68.